The van der Waals surface area contributed by atoms with Crippen LogP contribution in [0.1, 0.15) is 50.6 Å². The van der Waals surface area contributed by atoms with Crippen LogP contribution in [-0.2, 0) is 9.59 Å². The van der Waals surface area contributed by atoms with E-state index in [4.69, 9.17) is 4.74 Å². The van der Waals surface area contributed by atoms with E-state index in [1.807, 2.05) is 24.3 Å². The van der Waals surface area contributed by atoms with Crippen molar-refractivity contribution in [3.63, 3.8) is 0 Å². The zero-order valence-corrected chi connectivity index (χ0v) is 16.0. The fourth-order valence-electron chi connectivity index (χ4n) is 4.31. The lowest BCUT2D eigenvalue weighted by molar-refractivity contribution is -0.126. The van der Waals surface area contributed by atoms with Gasteiger partial charge in [0.1, 0.15) is 11.4 Å². The van der Waals surface area contributed by atoms with Crippen LogP contribution in [0.3, 0.4) is 0 Å². The second-order valence-corrected chi connectivity index (χ2v) is 8.30. The van der Waals surface area contributed by atoms with Gasteiger partial charge in [-0.25, -0.2) is 0 Å². The molecule has 6 heteroatoms. The second-order valence-electron chi connectivity index (χ2n) is 8.30. The smallest absolute Gasteiger partial charge is 0.239 e. The summed E-state index contributed by atoms with van der Waals surface area (Å²) in [5.74, 6) is 1.43. The third-order valence-corrected chi connectivity index (χ3v) is 6.01. The number of rotatable bonds is 5. The first-order valence-corrected chi connectivity index (χ1v) is 10.1. The number of para-hydroxylation sites is 1. The molecule has 2 fully saturated rings. The molecule has 1 aromatic rings. The molecule has 1 saturated carbocycles. The van der Waals surface area contributed by atoms with Gasteiger partial charge in [-0.1, -0.05) is 18.2 Å². The van der Waals surface area contributed by atoms with Crippen LogP contribution in [0, 0.1) is 5.92 Å². The van der Waals surface area contributed by atoms with E-state index in [1.165, 1.54) is 26.3 Å². The van der Waals surface area contributed by atoms with Gasteiger partial charge < -0.3 is 20.3 Å². The van der Waals surface area contributed by atoms with E-state index in [0.29, 0.717) is 0 Å². The summed E-state index contributed by atoms with van der Waals surface area (Å²) in [6.07, 6.45) is 5.53. The van der Waals surface area contributed by atoms with Gasteiger partial charge in [-0.3, -0.25) is 9.59 Å². The minimum atomic E-state index is -0.208. The summed E-state index contributed by atoms with van der Waals surface area (Å²) < 4.78 is 6.49. The number of carbonyl (C=O) groups is 2. The van der Waals surface area contributed by atoms with Gasteiger partial charge in [0.2, 0.25) is 11.8 Å². The summed E-state index contributed by atoms with van der Waals surface area (Å²) in [5, 5.41) is 5.68. The third kappa shape index (κ3) is 4.43. The quantitative estimate of drug-likeness (QED) is 0.831. The number of nitrogens with one attached hydrogen (secondary N) is 2. The second kappa shape index (κ2) is 7.50. The Kier molecular flexibility index (Phi) is 5.08. The van der Waals surface area contributed by atoms with Crippen LogP contribution >= 0.6 is 0 Å². The zero-order valence-electron chi connectivity index (χ0n) is 16.0. The van der Waals surface area contributed by atoms with Crippen LogP contribution in [0.4, 0.5) is 0 Å². The number of carbonyl (C=O) groups excluding carboxylic acids is 2. The number of fused-ring (bicyclic) bond motifs is 1. The van der Waals surface area contributed by atoms with Crippen molar-refractivity contribution in [2.75, 3.05) is 26.2 Å². The summed E-state index contributed by atoms with van der Waals surface area (Å²) in [7, 11) is 0. The van der Waals surface area contributed by atoms with Crippen molar-refractivity contribution in [3.8, 4) is 5.75 Å². The number of hydrogen-bond acceptors (Lipinski definition) is 4. The molecule has 1 spiro atoms. The summed E-state index contributed by atoms with van der Waals surface area (Å²) >= 11 is 0. The molecule has 1 aromatic carbocycles. The Hall–Kier alpha value is -2.08. The predicted octanol–water partition coefficient (Wildman–Crippen LogP) is 2.01. The number of likely N-dealkylation sites (tertiary alicyclic amines) is 1. The molecular formula is C21H29N3O3. The highest BCUT2D eigenvalue weighted by Crippen LogP contribution is 2.44. The molecule has 0 aromatic heterocycles. The Morgan fingerprint density at radius 3 is 2.67 bits per heavy atom. The summed E-state index contributed by atoms with van der Waals surface area (Å²) in [5.41, 5.74) is 0.820. The van der Waals surface area contributed by atoms with Crippen LogP contribution in [0.25, 0.3) is 0 Å². The summed E-state index contributed by atoms with van der Waals surface area (Å²) in [6, 6.07) is 7.90. The molecule has 1 unspecified atom stereocenters. The number of benzene rings is 1. The minimum absolute atomic E-state index is 0.0109. The molecule has 2 aliphatic heterocycles. The fraction of sp³-hybridized carbons (Fsp3) is 0.619. The Morgan fingerprint density at radius 2 is 1.96 bits per heavy atom. The average molecular weight is 371 g/mol. The Balaban J connectivity index is 1.44. The molecule has 1 atom stereocenters. The molecule has 146 valence electrons. The van der Waals surface area contributed by atoms with Crippen molar-refractivity contribution in [1.82, 2.24) is 15.5 Å². The van der Waals surface area contributed by atoms with Crippen molar-refractivity contribution in [2.24, 2.45) is 5.92 Å². The standard InChI is InChI=1S/C21H29N3O3/c1-15(25)22-13-20(26)23-18-12-21(27-19-5-3-2-4-17(18)19)8-10-24(11-9-21)14-16-6-7-16/h2-5,16,18H,6-14H2,1H3,(H,22,25)(H,23,26). The van der Waals surface area contributed by atoms with Gasteiger partial charge >= 0.3 is 0 Å². The van der Waals surface area contributed by atoms with E-state index >= 15 is 0 Å². The molecule has 0 radical (unpaired) electrons. The van der Waals surface area contributed by atoms with Crippen LogP contribution in [0.2, 0.25) is 0 Å². The lowest BCUT2D eigenvalue weighted by Gasteiger charge is -2.47. The Bertz CT molecular complexity index is 708. The Labute approximate surface area is 160 Å². The van der Waals surface area contributed by atoms with Crippen LogP contribution in [0.15, 0.2) is 24.3 Å². The van der Waals surface area contributed by atoms with Crippen LogP contribution in [-0.4, -0.2) is 48.5 Å². The molecule has 2 amide bonds. The summed E-state index contributed by atoms with van der Waals surface area (Å²) in [4.78, 5) is 25.9. The first kappa shape index (κ1) is 18.3. The van der Waals surface area contributed by atoms with Gasteiger partial charge in [0.15, 0.2) is 0 Å². The number of nitrogens with zero attached hydrogens (tertiary/aromatic N) is 1. The van der Waals surface area contributed by atoms with Crippen molar-refractivity contribution < 1.29 is 14.3 Å². The lowest BCUT2D eigenvalue weighted by atomic mass is 9.80. The largest absolute Gasteiger partial charge is 0.487 e. The normalized spacial score (nSPS) is 24.0. The monoisotopic (exact) mass is 371 g/mol. The van der Waals surface area contributed by atoms with E-state index < -0.39 is 0 Å². The minimum Gasteiger partial charge on any atom is -0.487 e. The highest BCUT2D eigenvalue weighted by Gasteiger charge is 2.44. The maximum Gasteiger partial charge on any atom is 0.239 e. The van der Waals surface area contributed by atoms with E-state index in [-0.39, 0.29) is 30.0 Å². The topological polar surface area (TPSA) is 70.7 Å². The molecule has 1 saturated heterocycles. The van der Waals surface area contributed by atoms with Crippen molar-refractivity contribution in [3.05, 3.63) is 29.8 Å². The highest BCUT2D eigenvalue weighted by molar-refractivity contribution is 5.84. The molecule has 6 nitrogen and oxygen atoms in total. The highest BCUT2D eigenvalue weighted by atomic mass is 16.5. The average Bonchev–Trinajstić information content (AvgIpc) is 3.46. The third-order valence-electron chi connectivity index (χ3n) is 6.01. The zero-order chi connectivity index (χ0) is 18.9. The van der Waals surface area contributed by atoms with Gasteiger partial charge in [-0.15, -0.1) is 0 Å². The molecule has 27 heavy (non-hydrogen) atoms. The van der Waals surface area contributed by atoms with Crippen LogP contribution < -0.4 is 15.4 Å². The van der Waals surface area contributed by atoms with E-state index in [0.717, 1.165) is 49.6 Å². The molecular weight excluding hydrogens is 342 g/mol. The van der Waals surface area contributed by atoms with Crippen molar-refractivity contribution in [2.45, 2.75) is 50.7 Å². The molecule has 4 rings (SSSR count). The maximum absolute atomic E-state index is 12.3. The molecule has 2 heterocycles. The summed E-state index contributed by atoms with van der Waals surface area (Å²) in [6.45, 7) is 4.78. The number of piperidine rings is 1. The van der Waals surface area contributed by atoms with Crippen LogP contribution in [0.5, 0.6) is 5.75 Å². The van der Waals surface area contributed by atoms with Gasteiger partial charge in [0.25, 0.3) is 0 Å². The van der Waals surface area contributed by atoms with Gasteiger partial charge in [-0.2, -0.15) is 0 Å². The number of ether oxygens (including phenoxy) is 1. The van der Waals surface area contributed by atoms with E-state index in [1.54, 1.807) is 0 Å². The van der Waals surface area contributed by atoms with Crippen molar-refractivity contribution >= 4 is 11.8 Å². The van der Waals surface area contributed by atoms with E-state index in [9.17, 15) is 9.59 Å². The van der Waals surface area contributed by atoms with Gasteiger partial charge in [-0.05, 0) is 37.7 Å². The molecule has 2 N–H and O–H groups in total. The SMILES string of the molecule is CC(=O)NCC(=O)NC1CC2(CCN(CC3CC3)CC2)Oc2ccccc21. The molecule has 3 aliphatic rings. The number of hydrogen-bond donors (Lipinski definition) is 2. The number of amides is 2. The molecule has 0 bridgehead atoms. The lowest BCUT2D eigenvalue weighted by Crippen LogP contribution is -2.53. The predicted molar refractivity (Wildman–Crippen MR) is 102 cm³/mol. The molecule has 1 aliphatic carbocycles. The van der Waals surface area contributed by atoms with E-state index in [2.05, 4.69) is 15.5 Å². The van der Waals surface area contributed by atoms with Gasteiger partial charge in [0.05, 0.1) is 12.6 Å². The maximum atomic E-state index is 12.3. The fourth-order valence-corrected chi connectivity index (χ4v) is 4.31. The van der Waals surface area contributed by atoms with Gasteiger partial charge in [0, 0.05) is 38.5 Å². The van der Waals surface area contributed by atoms with Crippen molar-refractivity contribution in [1.29, 1.82) is 0 Å². The Morgan fingerprint density at radius 1 is 1.22 bits per heavy atom. The first-order chi connectivity index (χ1) is 13.0. The first-order valence-electron chi connectivity index (χ1n) is 10.1.